The summed E-state index contributed by atoms with van der Waals surface area (Å²) in [5.41, 5.74) is 1.26. The zero-order valence-electron chi connectivity index (χ0n) is 12.6. The molecule has 2 heterocycles. The Morgan fingerprint density at radius 1 is 1.38 bits per heavy atom. The molecular formula is C16H21ClN2O2. The first-order valence-electron chi connectivity index (χ1n) is 7.56. The molecular weight excluding hydrogens is 288 g/mol. The van der Waals surface area contributed by atoms with Crippen molar-refractivity contribution in [1.29, 1.82) is 0 Å². The Bertz CT molecular complexity index is 545. The van der Waals surface area contributed by atoms with Crippen molar-refractivity contribution in [3.8, 4) is 0 Å². The van der Waals surface area contributed by atoms with E-state index in [2.05, 4.69) is 11.9 Å². The van der Waals surface area contributed by atoms with Crippen LogP contribution < -0.4 is 0 Å². The van der Waals surface area contributed by atoms with Gasteiger partial charge in [0, 0.05) is 24.2 Å². The summed E-state index contributed by atoms with van der Waals surface area (Å²) in [7, 11) is 0. The average molecular weight is 309 g/mol. The molecule has 1 aliphatic rings. The quantitative estimate of drug-likeness (QED) is 0.618. The fourth-order valence-electron chi connectivity index (χ4n) is 2.79. The molecule has 114 valence electrons. The first-order chi connectivity index (χ1) is 10.0. The smallest absolute Gasteiger partial charge is 0.260 e. The minimum Gasteiger partial charge on any atom is -0.278 e. The molecule has 1 aliphatic heterocycles. The van der Waals surface area contributed by atoms with Crippen LogP contribution in [0.3, 0.4) is 0 Å². The van der Waals surface area contributed by atoms with Crippen LogP contribution in [0.2, 0.25) is 5.15 Å². The number of imide groups is 1. The molecule has 1 fully saturated rings. The van der Waals surface area contributed by atoms with E-state index in [4.69, 9.17) is 11.6 Å². The van der Waals surface area contributed by atoms with E-state index >= 15 is 0 Å². The molecule has 0 saturated carbocycles. The highest BCUT2D eigenvalue weighted by Crippen LogP contribution is 2.24. The number of aromatic nitrogens is 1. The highest BCUT2D eigenvalue weighted by atomic mass is 35.5. The number of rotatable bonds is 5. The van der Waals surface area contributed by atoms with Crippen LogP contribution in [0.1, 0.15) is 55.6 Å². The van der Waals surface area contributed by atoms with E-state index in [0.29, 0.717) is 29.6 Å². The molecule has 5 heteroatoms. The molecule has 0 bridgehead atoms. The zero-order valence-corrected chi connectivity index (χ0v) is 13.3. The van der Waals surface area contributed by atoms with Gasteiger partial charge in [-0.25, -0.2) is 4.98 Å². The van der Waals surface area contributed by atoms with Gasteiger partial charge in [-0.3, -0.25) is 14.5 Å². The molecule has 1 aromatic heterocycles. The van der Waals surface area contributed by atoms with Crippen molar-refractivity contribution in [3.05, 3.63) is 28.5 Å². The van der Waals surface area contributed by atoms with Gasteiger partial charge in [-0.2, -0.15) is 0 Å². The largest absolute Gasteiger partial charge is 0.278 e. The van der Waals surface area contributed by atoms with E-state index < -0.39 is 0 Å². The maximum Gasteiger partial charge on any atom is 0.260 e. The lowest BCUT2D eigenvalue weighted by Crippen LogP contribution is -2.32. The van der Waals surface area contributed by atoms with Gasteiger partial charge < -0.3 is 0 Å². The summed E-state index contributed by atoms with van der Waals surface area (Å²) in [4.78, 5) is 30.1. The second-order valence-corrected chi connectivity index (χ2v) is 5.98. The third-order valence-corrected chi connectivity index (χ3v) is 3.94. The predicted molar refractivity (Wildman–Crippen MR) is 82.3 cm³/mol. The van der Waals surface area contributed by atoms with Gasteiger partial charge in [-0.15, -0.1) is 0 Å². The van der Waals surface area contributed by atoms with Crippen LogP contribution in [0.25, 0.3) is 0 Å². The van der Waals surface area contributed by atoms with Crippen molar-refractivity contribution in [2.24, 2.45) is 5.92 Å². The van der Waals surface area contributed by atoms with E-state index in [1.807, 2.05) is 6.92 Å². The van der Waals surface area contributed by atoms with Gasteiger partial charge in [0.25, 0.3) is 5.91 Å². The fraction of sp³-hybridized carbons (Fsp3) is 0.562. The van der Waals surface area contributed by atoms with Crippen molar-refractivity contribution in [3.63, 3.8) is 0 Å². The number of halogens is 1. The highest BCUT2D eigenvalue weighted by molar-refractivity contribution is 6.29. The molecule has 1 atom stereocenters. The number of hydrogen-bond acceptors (Lipinski definition) is 3. The molecule has 2 amide bonds. The van der Waals surface area contributed by atoms with Gasteiger partial charge >= 0.3 is 0 Å². The van der Waals surface area contributed by atoms with Crippen LogP contribution in [-0.4, -0.2) is 28.2 Å². The second-order valence-electron chi connectivity index (χ2n) is 5.59. The van der Waals surface area contributed by atoms with E-state index in [1.165, 1.54) is 4.90 Å². The Morgan fingerprint density at radius 2 is 2.14 bits per heavy atom. The molecule has 0 N–H and O–H groups in total. The first-order valence-corrected chi connectivity index (χ1v) is 7.94. The summed E-state index contributed by atoms with van der Waals surface area (Å²) in [5, 5.41) is 0.307. The number of nitrogens with zero attached hydrogens (tertiary/aromatic N) is 2. The van der Waals surface area contributed by atoms with Crippen LogP contribution in [0.5, 0.6) is 0 Å². The summed E-state index contributed by atoms with van der Waals surface area (Å²) in [6, 6.07) is 3.29. The van der Waals surface area contributed by atoms with Gasteiger partial charge in [-0.1, -0.05) is 38.3 Å². The Morgan fingerprint density at radius 3 is 2.81 bits per heavy atom. The number of aryl methyl sites for hydroxylation is 1. The molecule has 0 spiro atoms. The number of likely N-dealkylation sites (tertiary alicyclic amines) is 1. The summed E-state index contributed by atoms with van der Waals surface area (Å²) >= 11 is 5.98. The summed E-state index contributed by atoms with van der Waals surface area (Å²) in [6.45, 7) is 4.66. The van der Waals surface area contributed by atoms with Crippen LogP contribution in [-0.2, 0) is 11.2 Å². The van der Waals surface area contributed by atoms with Crippen molar-refractivity contribution < 1.29 is 9.59 Å². The maximum absolute atomic E-state index is 12.5. The van der Waals surface area contributed by atoms with Crippen molar-refractivity contribution in [2.75, 3.05) is 6.54 Å². The Hall–Kier alpha value is -1.42. The third kappa shape index (κ3) is 3.82. The lowest BCUT2D eigenvalue weighted by molar-refractivity contribution is -0.125. The van der Waals surface area contributed by atoms with Crippen molar-refractivity contribution >= 4 is 23.4 Å². The number of hydrogen-bond donors (Lipinski definition) is 0. The lowest BCUT2D eigenvalue weighted by atomic mass is 10.0. The Labute approximate surface area is 130 Å². The summed E-state index contributed by atoms with van der Waals surface area (Å²) in [6.07, 6.45) is 4.19. The Kier molecular flexibility index (Phi) is 5.34. The van der Waals surface area contributed by atoms with Gasteiger partial charge in [0.15, 0.2) is 0 Å². The number of carbonyl (C=O) groups is 2. The Balaban J connectivity index is 2.18. The third-order valence-electron chi connectivity index (χ3n) is 3.75. The van der Waals surface area contributed by atoms with Crippen molar-refractivity contribution in [1.82, 2.24) is 9.88 Å². The molecule has 0 radical (unpaired) electrons. The molecule has 0 aliphatic carbocycles. The number of amides is 2. The van der Waals surface area contributed by atoms with Crippen LogP contribution in [0, 0.1) is 5.92 Å². The standard InChI is InChI=1S/C16H21ClN2O2/c1-3-5-11-7-15(20)19(10-11)16(21)12-8-13(6-4-2)18-14(17)9-12/h8-9,11H,3-7,10H2,1-2H3. The summed E-state index contributed by atoms with van der Waals surface area (Å²) < 4.78 is 0. The minimum absolute atomic E-state index is 0.0802. The van der Waals surface area contributed by atoms with Gasteiger partial charge in [0.2, 0.25) is 5.91 Å². The molecule has 1 unspecified atom stereocenters. The van der Waals surface area contributed by atoms with E-state index in [9.17, 15) is 9.59 Å². The van der Waals surface area contributed by atoms with E-state index in [-0.39, 0.29) is 11.8 Å². The highest BCUT2D eigenvalue weighted by Gasteiger charge is 2.33. The molecule has 4 nitrogen and oxygen atoms in total. The molecule has 1 saturated heterocycles. The zero-order chi connectivity index (χ0) is 15.4. The van der Waals surface area contributed by atoms with Gasteiger partial charge in [0.1, 0.15) is 5.15 Å². The topological polar surface area (TPSA) is 50.3 Å². The summed E-state index contributed by atoms with van der Waals surface area (Å²) in [5.74, 6) is -0.0393. The average Bonchev–Trinajstić information content (AvgIpc) is 2.79. The van der Waals surface area contributed by atoms with Gasteiger partial charge in [0.05, 0.1) is 0 Å². The second kappa shape index (κ2) is 7.03. The van der Waals surface area contributed by atoms with Crippen molar-refractivity contribution in [2.45, 2.75) is 46.0 Å². The fourth-order valence-corrected chi connectivity index (χ4v) is 3.02. The number of pyridine rings is 1. The molecule has 1 aromatic rings. The van der Waals surface area contributed by atoms with E-state index in [0.717, 1.165) is 31.4 Å². The predicted octanol–water partition coefficient (Wildman–Crippen LogP) is 3.48. The normalized spacial score (nSPS) is 18.3. The monoisotopic (exact) mass is 308 g/mol. The van der Waals surface area contributed by atoms with Crippen LogP contribution >= 0.6 is 11.6 Å². The van der Waals surface area contributed by atoms with E-state index in [1.54, 1.807) is 12.1 Å². The minimum atomic E-state index is -0.250. The molecule has 2 rings (SSSR count). The molecule has 21 heavy (non-hydrogen) atoms. The van der Waals surface area contributed by atoms with Gasteiger partial charge in [-0.05, 0) is 30.9 Å². The SMILES string of the molecule is CCCc1cc(C(=O)N2CC(CCC)CC2=O)cc(Cl)n1. The number of carbonyl (C=O) groups excluding carboxylic acids is 2. The van der Waals surface area contributed by atoms with Crippen LogP contribution in [0.4, 0.5) is 0 Å². The van der Waals surface area contributed by atoms with Crippen LogP contribution in [0.15, 0.2) is 12.1 Å². The maximum atomic E-state index is 12.5. The first kappa shape index (κ1) is 16.0. The lowest BCUT2D eigenvalue weighted by Gasteiger charge is -2.15. The molecule has 0 aromatic carbocycles.